The lowest BCUT2D eigenvalue weighted by molar-refractivity contribution is -0.698. The van der Waals surface area contributed by atoms with Crippen molar-refractivity contribution in [3.8, 4) is 11.1 Å². The van der Waals surface area contributed by atoms with Crippen LogP contribution >= 0.6 is 0 Å². The van der Waals surface area contributed by atoms with Gasteiger partial charge >= 0.3 is 0 Å². The minimum atomic E-state index is 0.939. The number of pyridine rings is 2. The molecular formula is C27H27N3+2. The molecule has 3 aromatic heterocycles. The van der Waals surface area contributed by atoms with Gasteiger partial charge in [-0.2, -0.15) is 0 Å². The summed E-state index contributed by atoms with van der Waals surface area (Å²) in [6.07, 6.45) is 9.87. The molecule has 0 aliphatic carbocycles. The fraction of sp³-hybridized carbons (Fsp3) is 0.185. The van der Waals surface area contributed by atoms with Crippen LogP contribution in [-0.4, -0.2) is 4.57 Å². The van der Waals surface area contributed by atoms with E-state index in [9.17, 15) is 0 Å². The van der Waals surface area contributed by atoms with E-state index in [2.05, 4.69) is 118 Å². The quantitative estimate of drug-likeness (QED) is 0.354. The third kappa shape index (κ3) is 3.48. The number of para-hydroxylation sites is 2. The highest BCUT2D eigenvalue weighted by molar-refractivity contribution is 6.07. The van der Waals surface area contributed by atoms with Crippen LogP contribution in [0.3, 0.4) is 0 Å². The molecule has 0 amide bonds. The molecule has 5 rings (SSSR count). The molecule has 2 aromatic carbocycles. The molecule has 0 aliphatic rings. The minimum Gasteiger partial charge on any atom is -0.334 e. The molecule has 0 fully saturated rings. The normalized spacial score (nSPS) is 11.4. The molecule has 0 aliphatic heterocycles. The molecule has 0 atom stereocenters. The minimum absolute atomic E-state index is 0.939. The highest BCUT2D eigenvalue weighted by Crippen LogP contribution is 2.28. The zero-order chi connectivity index (χ0) is 20.3. The number of rotatable bonds is 6. The van der Waals surface area contributed by atoms with E-state index < -0.39 is 0 Å². The van der Waals surface area contributed by atoms with E-state index in [4.69, 9.17) is 0 Å². The van der Waals surface area contributed by atoms with Crippen LogP contribution < -0.4 is 9.13 Å². The van der Waals surface area contributed by atoms with Gasteiger partial charge in [-0.1, -0.05) is 43.3 Å². The Bertz CT molecular complexity index is 1230. The van der Waals surface area contributed by atoms with Crippen LogP contribution in [0.25, 0.3) is 32.9 Å². The first kappa shape index (κ1) is 18.6. The number of fused-ring (bicyclic) bond motifs is 3. The molecule has 0 spiro atoms. The van der Waals surface area contributed by atoms with Gasteiger partial charge in [0.1, 0.15) is 6.54 Å². The van der Waals surface area contributed by atoms with Gasteiger partial charge in [-0.25, -0.2) is 9.13 Å². The Balaban J connectivity index is 1.37. The molecule has 148 valence electrons. The Labute approximate surface area is 177 Å². The maximum absolute atomic E-state index is 2.44. The second-order valence-electron chi connectivity index (χ2n) is 7.84. The van der Waals surface area contributed by atoms with E-state index >= 15 is 0 Å². The fourth-order valence-corrected chi connectivity index (χ4v) is 4.32. The summed E-state index contributed by atoms with van der Waals surface area (Å²) in [5, 5.41) is 2.66. The summed E-state index contributed by atoms with van der Waals surface area (Å²) in [5.74, 6) is 0. The predicted octanol–water partition coefficient (Wildman–Crippen LogP) is 5.15. The van der Waals surface area contributed by atoms with Crippen molar-refractivity contribution in [1.82, 2.24) is 4.57 Å². The first-order valence-corrected chi connectivity index (χ1v) is 10.8. The topological polar surface area (TPSA) is 12.7 Å². The Morgan fingerprint density at radius 2 is 1.07 bits per heavy atom. The number of hydrogen-bond donors (Lipinski definition) is 0. The highest BCUT2D eigenvalue weighted by atomic mass is 15.0. The zero-order valence-corrected chi connectivity index (χ0v) is 17.4. The number of nitrogens with zero attached hydrogens (tertiary/aromatic N) is 3. The van der Waals surface area contributed by atoms with Crippen molar-refractivity contribution in [3.05, 3.63) is 97.6 Å². The number of benzene rings is 2. The largest absolute Gasteiger partial charge is 0.334 e. The summed E-state index contributed by atoms with van der Waals surface area (Å²) in [6.45, 7) is 5.16. The maximum Gasteiger partial charge on any atom is 0.169 e. The SMILES string of the molecule is CCC[n+]1ccc(-c2cc[n+](CCn3c4ccccc4c4ccccc43)cc2)cc1. The van der Waals surface area contributed by atoms with Gasteiger partial charge < -0.3 is 4.57 Å². The van der Waals surface area contributed by atoms with Crippen LogP contribution in [0.2, 0.25) is 0 Å². The lowest BCUT2D eigenvalue weighted by atomic mass is 10.1. The predicted molar refractivity (Wildman–Crippen MR) is 122 cm³/mol. The first-order valence-electron chi connectivity index (χ1n) is 10.8. The summed E-state index contributed by atoms with van der Waals surface area (Å²) in [5.41, 5.74) is 5.13. The van der Waals surface area contributed by atoms with Crippen LogP contribution in [0.15, 0.2) is 97.6 Å². The molecule has 3 heterocycles. The van der Waals surface area contributed by atoms with Crippen molar-refractivity contribution in [3.63, 3.8) is 0 Å². The summed E-state index contributed by atoms with van der Waals surface area (Å²) in [4.78, 5) is 0. The van der Waals surface area contributed by atoms with Gasteiger partial charge in [0.25, 0.3) is 0 Å². The van der Waals surface area contributed by atoms with E-state index in [1.54, 1.807) is 0 Å². The molecule has 0 unspecified atom stereocenters. The molecule has 3 heteroatoms. The van der Waals surface area contributed by atoms with Gasteiger partial charge in [-0.3, -0.25) is 0 Å². The molecule has 0 saturated carbocycles. The standard InChI is InChI=1S/C27H27N3/c1-2-15-28-16-11-22(12-17-28)23-13-18-29(19-14-23)20-21-30-26-9-5-3-7-24(26)25-8-4-6-10-27(25)30/h3-14,16-19H,2,15,20-21H2,1H3/q+2. The van der Waals surface area contributed by atoms with E-state index in [0.717, 1.165) is 26.1 Å². The Hall–Kier alpha value is -3.46. The average Bonchev–Trinajstić information content (AvgIpc) is 3.13. The third-order valence-corrected chi connectivity index (χ3v) is 5.86. The van der Waals surface area contributed by atoms with Gasteiger partial charge in [-0.05, 0) is 23.3 Å². The van der Waals surface area contributed by atoms with E-state index in [0.29, 0.717) is 0 Å². The molecule has 5 aromatic rings. The molecular weight excluding hydrogens is 366 g/mol. The molecule has 30 heavy (non-hydrogen) atoms. The Morgan fingerprint density at radius 3 is 1.57 bits per heavy atom. The van der Waals surface area contributed by atoms with E-state index in [-0.39, 0.29) is 0 Å². The third-order valence-electron chi connectivity index (χ3n) is 5.86. The number of hydrogen-bond acceptors (Lipinski definition) is 0. The fourth-order valence-electron chi connectivity index (χ4n) is 4.32. The van der Waals surface area contributed by atoms with Crippen LogP contribution in [0.5, 0.6) is 0 Å². The number of aromatic nitrogens is 3. The average molecular weight is 394 g/mol. The van der Waals surface area contributed by atoms with E-state index in [1.165, 1.54) is 32.9 Å². The van der Waals surface area contributed by atoms with Crippen molar-refractivity contribution >= 4 is 21.8 Å². The van der Waals surface area contributed by atoms with Crippen molar-refractivity contribution in [1.29, 1.82) is 0 Å². The lowest BCUT2D eigenvalue weighted by Gasteiger charge is -2.06. The second kappa shape index (κ2) is 8.11. The number of aryl methyl sites for hydroxylation is 3. The molecule has 0 radical (unpaired) electrons. The van der Waals surface area contributed by atoms with Crippen LogP contribution in [-0.2, 0) is 19.6 Å². The molecule has 0 bridgehead atoms. The molecule has 3 nitrogen and oxygen atoms in total. The first-order chi connectivity index (χ1) is 14.8. The van der Waals surface area contributed by atoms with Crippen molar-refractivity contribution in [2.75, 3.05) is 0 Å². The van der Waals surface area contributed by atoms with Crippen molar-refractivity contribution in [2.24, 2.45) is 0 Å². The van der Waals surface area contributed by atoms with Crippen LogP contribution in [0.4, 0.5) is 0 Å². The van der Waals surface area contributed by atoms with Gasteiger partial charge in [0.15, 0.2) is 31.3 Å². The molecule has 0 N–H and O–H groups in total. The van der Waals surface area contributed by atoms with Gasteiger partial charge in [-0.15, -0.1) is 0 Å². The van der Waals surface area contributed by atoms with Crippen molar-refractivity contribution < 1.29 is 9.13 Å². The summed E-state index contributed by atoms with van der Waals surface area (Å²) >= 11 is 0. The molecule has 0 saturated heterocycles. The Morgan fingerprint density at radius 1 is 0.600 bits per heavy atom. The zero-order valence-electron chi connectivity index (χ0n) is 17.4. The van der Waals surface area contributed by atoms with Gasteiger partial charge in [0.2, 0.25) is 0 Å². The summed E-state index contributed by atoms with van der Waals surface area (Å²) in [7, 11) is 0. The van der Waals surface area contributed by atoms with Crippen LogP contribution in [0, 0.1) is 0 Å². The van der Waals surface area contributed by atoms with Crippen molar-refractivity contribution in [2.45, 2.75) is 33.0 Å². The Kier molecular flexibility index (Phi) is 5.02. The smallest absolute Gasteiger partial charge is 0.169 e. The maximum atomic E-state index is 2.44. The monoisotopic (exact) mass is 393 g/mol. The summed E-state index contributed by atoms with van der Waals surface area (Å²) in [6, 6.07) is 26.2. The highest BCUT2D eigenvalue weighted by Gasteiger charge is 2.11. The summed E-state index contributed by atoms with van der Waals surface area (Å²) < 4.78 is 6.95. The van der Waals surface area contributed by atoms with E-state index in [1.807, 2.05) is 0 Å². The van der Waals surface area contributed by atoms with Gasteiger partial charge in [0.05, 0.1) is 6.54 Å². The van der Waals surface area contributed by atoms with Crippen LogP contribution in [0.1, 0.15) is 13.3 Å². The lowest BCUT2D eigenvalue weighted by Crippen LogP contribution is -2.34. The second-order valence-corrected chi connectivity index (χ2v) is 7.84. The van der Waals surface area contributed by atoms with Gasteiger partial charge in [0, 0.05) is 52.5 Å².